The van der Waals surface area contributed by atoms with E-state index in [1.165, 1.54) is 5.56 Å². The first-order valence-corrected chi connectivity index (χ1v) is 12.9. The van der Waals surface area contributed by atoms with Crippen molar-refractivity contribution in [1.82, 2.24) is 0 Å². The van der Waals surface area contributed by atoms with E-state index in [4.69, 9.17) is 4.74 Å². The van der Waals surface area contributed by atoms with Crippen molar-refractivity contribution in [1.29, 1.82) is 0 Å². The molecule has 2 N–H and O–H groups in total. The molecular formula is C31H35N3O2. The molecule has 0 saturated heterocycles. The molecule has 0 fully saturated rings. The van der Waals surface area contributed by atoms with Gasteiger partial charge in [0.25, 0.3) is 0 Å². The molecule has 5 rings (SSSR count). The van der Waals surface area contributed by atoms with Gasteiger partial charge in [0.15, 0.2) is 5.78 Å². The minimum Gasteiger partial charge on any atom is -0.493 e. The van der Waals surface area contributed by atoms with E-state index in [0.29, 0.717) is 13.0 Å². The van der Waals surface area contributed by atoms with Crippen LogP contribution in [0.1, 0.15) is 55.7 Å². The molecule has 0 spiro atoms. The fraction of sp³-hybridized carbons (Fsp3) is 0.323. The summed E-state index contributed by atoms with van der Waals surface area (Å²) in [6.07, 6.45) is 3.35. The van der Waals surface area contributed by atoms with E-state index in [0.717, 1.165) is 58.9 Å². The molecule has 0 saturated carbocycles. The highest BCUT2D eigenvalue weighted by molar-refractivity contribution is 6.01. The Bertz CT molecular complexity index is 1260. The number of allylic oxidation sites excluding steroid dienone is 1. The molecule has 1 aliphatic heterocycles. The topological polar surface area (TPSA) is 53.6 Å². The number of nitrogens with one attached hydrogen (secondary N) is 2. The third-order valence-corrected chi connectivity index (χ3v) is 7.18. The standard InChI is InChI=1S/C31H35N3O2/c1-4-5-18-36-29-13-9-6-10-24(29)31-30-27(32-25-11-7-8-12-26(25)33-31)19-22(20-28(30)35)21-14-16-23(17-15-21)34(2)3/h6-17,22,31-33H,4-5,18-20H2,1-3H3. The number of fused-ring (bicyclic) bond motifs is 1. The lowest BCUT2D eigenvalue weighted by atomic mass is 9.78. The van der Waals surface area contributed by atoms with Crippen molar-refractivity contribution >= 4 is 22.8 Å². The number of hydrogen-bond donors (Lipinski definition) is 2. The molecule has 0 bridgehead atoms. The minimum atomic E-state index is -0.279. The van der Waals surface area contributed by atoms with Gasteiger partial charge in [-0.1, -0.05) is 55.8 Å². The van der Waals surface area contributed by atoms with Gasteiger partial charge in [0.05, 0.1) is 24.0 Å². The van der Waals surface area contributed by atoms with Crippen LogP contribution in [0, 0.1) is 0 Å². The maximum Gasteiger partial charge on any atom is 0.163 e. The average Bonchev–Trinajstić information content (AvgIpc) is 3.06. The number of carbonyl (C=O) groups is 1. The summed E-state index contributed by atoms with van der Waals surface area (Å²) in [7, 11) is 4.08. The minimum absolute atomic E-state index is 0.141. The average molecular weight is 482 g/mol. The monoisotopic (exact) mass is 481 g/mol. The fourth-order valence-corrected chi connectivity index (χ4v) is 5.18. The second-order valence-corrected chi connectivity index (χ2v) is 9.89. The zero-order valence-electron chi connectivity index (χ0n) is 21.4. The lowest BCUT2D eigenvalue weighted by Gasteiger charge is -2.30. The summed E-state index contributed by atoms with van der Waals surface area (Å²) in [6.45, 7) is 2.83. The molecule has 3 aromatic rings. The highest BCUT2D eigenvalue weighted by Gasteiger charge is 2.37. The maximum absolute atomic E-state index is 13.9. The first kappa shape index (κ1) is 24.0. The molecular weight excluding hydrogens is 446 g/mol. The molecule has 0 aromatic heterocycles. The summed E-state index contributed by atoms with van der Waals surface area (Å²) in [6, 6.07) is 24.6. The summed E-state index contributed by atoms with van der Waals surface area (Å²) < 4.78 is 6.20. The number of rotatable bonds is 7. The maximum atomic E-state index is 13.9. The summed E-state index contributed by atoms with van der Waals surface area (Å²) in [4.78, 5) is 16.0. The lowest BCUT2D eigenvalue weighted by Crippen LogP contribution is -2.27. The van der Waals surface area contributed by atoms with Gasteiger partial charge in [-0.3, -0.25) is 4.79 Å². The van der Waals surface area contributed by atoms with Gasteiger partial charge in [-0.2, -0.15) is 0 Å². The van der Waals surface area contributed by atoms with E-state index in [-0.39, 0.29) is 17.7 Å². The van der Waals surface area contributed by atoms with Gasteiger partial charge in [0.2, 0.25) is 0 Å². The zero-order chi connectivity index (χ0) is 25.1. The van der Waals surface area contributed by atoms with Gasteiger partial charge < -0.3 is 20.3 Å². The van der Waals surface area contributed by atoms with Gasteiger partial charge in [-0.25, -0.2) is 0 Å². The van der Waals surface area contributed by atoms with Crippen LogP contribution >= 0.6 is 0 Å². The number of Topliss-reactive ketones (excluding diaryl/α,β-unsaturated/α-hetero) is 1. The SMILES string of the molecule is CCCCOc1ccccc1C1Nc2ccccc2NC2=C1C(=O)CC(c1ccc(N(C)C)cc1)C2. The Morgan fingerprint density at radius 1 is 0.917 bits per heavy atom. The summed E-state index contributed by atoms with van der Waals surface area (Å²) >= 11 is 0. The largest absolute Gasteiger partial charge is 0.493 e. The van der Waals surface area contributed by atoms with Crippen molar-refractivity contribution in [2.75, 3.05) is 36.2 Å². The smallest absolute Gasteiger partial charge is 0.163 e. The van der Waals surface area contributed by atoms with Gasteiger partial charge >= 0.3 is 0 Å². The highest BCUT2D eigenvalue weighted by Crippen LogP contribution is 2.45. The van der Waals surface area contributed by atoms with Crippen LogP contribution in [0.5, 0.6) is 5.75 Å². The van der Waals surface area contributed by atoms with Crippen molar-refractivity contribution in [3.8, 4) is 5.75 Å². The third-order valence-electron chi connectivity index (χ3n) is 7.18. The third kappa shape index (κ3) is 4.83. The Morgan fingerprint density at radius 3 is 2.39 bits per heavy atom. The number of carbonyl (C=O) groups excluding carboxylic acids is 1. The molecule has 0 radical (unpaired) electrons. The number of benzene rings is 3. The lowest BCUT2D eigenvalue weighted by molar-refractivity contribution is -0.116. The van der Waals surface area contributed by atoms with Crippen LogP contribution in [0.3, 0.4) is 0 Å². The normalized spacial score (nSPS) is 18.9. The molecule has 5 nitrogen and oxygen atoms in total. The predicted molar refractivity (Wildman–Crippen MR) is 148 cm³/mol. The molecule has 0 amide bonds. The van der Waals surface area contributed by atoms with Gasteiger partial charge in [0, 0.05) is 43.0 Å². The molecule has 3 aromatic carbocycles. The van der Waals surface area contributed by atoms with Crippen LogP contribution in [-0.2, 0) is 4.79 Å². The van der Waals surface area contributed by atoms with Crippen molar-refractivity contribution in [2.45, 2.75) is 44.6 Å². The Labute approximate surface area is 214 Å². The molecule has 186 valence electrons. The summed E-state index contributed by atoms with van der Waals surface area (Å²) in [5, 5.41) is 7.32. The number of para-hydroxylation sites is 3. The number of nitrogens with zero attached hydrogens (tertiary/aromatic N) is 1. The number of anilines is 3. The second kappa shape index (κ2) is 10.5. The Hall–Kier alpha value is -3.73. The van der Waals surface area contributed by atoms with E-state index in [2.05, 4.69) is 64.9 Å². The number of hydrogen-bond acceptors (Lipinski definition) is 5. The summed E-state index contributed by atoms with van der Waals surface area (Å²) in [5.74, 6) is 1.16. The Morgan fingerprint density at radius 2 is 1.64 bits per heavy atom. The van der Waals surface area contributed by atoms with Crippen LogP contribution in [-0.4, -0.2) is 26.5 Å². The van der Waals surface area contributed by atoms with E-state index >= 15 is 0 Å². The molecule has 5 heteroatoms. The van der Waals surface area contributed by atoms with Crippen LogP contribution in [0.25, 0.3) is 0 Å². The zero-order valence-corrected chi connectivity index (χ0v) is 21.4. The first-order chi connectivity index (χ1) is 17.5. The van der Waals surface area contributed by atoms with Crippen LogP contribution in [0.4, 0.5) is 17.1 Å². The highest BCUT2D eigenvalue weighted by atomic mass is 16.5. The number of unbranched alkanes of at least 4 members (excludes halogenated alkanes) is 1. The van der Waals surface area contributed by atoms with Gasteiger partial charge in [-0.05, 0) is 54.7 Å². The summed E-state index contributed by atoms with van der Waals surface area (Å²) in [5.41, 5.74) is 7.16. The molecule has 1 heterocycles. The predicted octanol–water partition coefficient (Wildman–Crippen LogP) is 6.91. The number of ketones is 1. The molecule has 2 unspecified atom stereocenters. The molecule has 36 heavy (non-hydrogen) atoms. The van der Waals surface area contributed by atoms with Gasteiger partial charge in [-0.15, -0.1) is 0 Å². The number of ether oxygens (including phenoxy) is 1. The Balaban J connectivity index is 1.54. The molecule has 1 aliphatic carbocycles. The van der Waals surface area contributed by atoms with Crippen molar-refractivity contribution in [3.05, 3.63) is 95.2 Å². The molecule has 2 aliphatic rings. The quantitative estimate of drug-likeness (QED) is 0.359. The van der Waals surface area contributed by atoms with E-state index < -0.39 is 0 Å². The van der Waals surface area contributed by atoms with Crippen molar-refractivity contribution in [2.24, 2.45) is 0 Å². The fourth-order valence-electron chi connectivity index (χ4n) is 5.18. The van der Waals surface area contributed by atoms with Crippen molar-refractivity contribution in [3.63, 3.8) is 0 Å². The van der Waals surface area contributed by atoms with Crippen LogP contribution in [0.15, 0.2) is 84.1 Å². The first-order valence-electron chi connectivity index (χ1n) is 12.9. The van der Waals surface area contributed by atoms with E-state index in [9.17, 15) is 4.79 Å². The van der Waals surface area contributed by atoms with E-state index in [1.54, 1.807) is 0 Å². The van der Waals surface area contributed by atoms with E-state index in [1.807, 2.05) is 44.4 Å². The van der Waals surface area contributed by atoms with Crippen LogP contribution in [0.2, 0.25) is 0 Å². The van der Waals surface area contributed by atoms with Gasteiger partial charge in [0.1, 0.15) is 5.75 Å². The second-order valence-electron chi connectivity index (χ2n) is 9.89. The van der Waals surface area contributed by atoms with Crippen molar-refractivity contribution < 1.29 is 9.53 Å². The van der Waals surface area contributed by atoms with Crippen LogP contribution < -0.4 is 20.3 Å². The Kier molecular flexibility index (Phi) is 6.99. The molecule has 2 atom stereocenters.